The average Bonchev–Trinajstić information content (AvgIpc) is 3.04. The third-order valence-electron chi connectivity index (χ3n) is 5.95. The van der Waals surface area contributed by atoms with Crippen LogP contribution in [0.3, 0.4) is 0 Å². The maximum absolute atomic E-state index is 2.51. The van der Waals surface area contributed by atoms with E-state index in [1.165, 1.54) is 31.1 Å². The zero-order chi connectivity index (χ0) is 10.1. The van der Waals surface area contributed by atoms with Crippen LogP contribution in [0.15, 0.2) is 0 Å². The fourth-order valence-electron chi connectivity index (χ4n) is 4.97. The summed E-state index contributed by atoms with van der Waals surface area (Å²) in [5.41, 5.74) is 0.935. The smallest absolute Gasteiger partial charge is 0.0170 e. The van der Waals surface area contributed by atoms with Gasteiger partial charge in [0.1, 0.15) is 0 Å². The second kappa shape index (κ2) is 2.57. The lowest BCUT2D eigenvalue weighted by Crippen LogP contribution is -2.12. The van der Waals surface area contributed by atoms with E-state index in [0.717, 1.165) is 29.1 Å². The lowest BCUT2D eigenvalue weighted by molar-refractivity contribution is 0.308. The van der Waals surface area contributed by atoms with Gasteiger partial charge < -0.3 is 0 Å². The minimum absolute atomic E-state index is 0.935. The predicted molar refractivity (Wildman–Crippen MR) is 59.9 cm³/mol. The highest BCUT2D eigenvalue weighted by molar-refractivity contribution is 5.40. The molecule has 0 N–H and O–H groups in total. The fraction of sp³-hybridized carbons (Fsp3) is 1.00. The summed E-state index contributed by atoms with van der Waals surface area (Å²) < 4.78 is 0. The van der Waals surface area contributed by atoms with Crippen LogP contribution >= 0.6 is 0 Å². The van der Waals surface area contributed by atoms with Crippen LogP contribution in [-0.4, -0.2) is 0 Å². The molecular weight excluding hydrogens is 168 g/mol. The third kappa shape index (κ3) is 0.785. The van der Waals surface area contributed by atoms with Gasteiger partial charge in [-0.2, -0.15) is 0 Å². The zero-order valence-electron chi connectivity index (χ0n) is 10.1. The van der Waals surface area contributed by atoms with Gasteiger partial charge in [0.25, 0.3) is 0 Å². The van der Waals surface area contributed by atoms with Crippen molar-refractivity contribution in [3.8, 4) is 0 Å². The van der Waals surface area contributed by atoms with Crippen molar-refractivity contribution in [1.82, 2.24) is 0 Å². The third-order valence-corrected chi connectivity index (χ3v) is 5.95. The molecule has 5 atom stereocenters. The number of hydrogen-bond donors (Lipinski definition) is 0. The van der Waals surface area contributed by atoms with Crippen molar-refractivity contribution in [2.24, 2.45) is 40.9 Å². The van der Waals surface area contributed by atoms with Crippen molar-refractivity contribution < 1.29 is 0 Å². The van der Waals surface area contributed by atoms with Gasteiger partial charge in [0.15, 0.2) is 0 Å². The van der Waals surface area contributed by atoms with Gasteiger partial charge in [-0.15, -0.1) is 0 Å². The van der Waals surface area contributed by atoms with Crippen LogP contribution in [0.5, 0.6) is 0 Å². The maximum atomic E-state index is 2.51. The van der Waals surface area contributed by atoms with E-state index in [0.29, 0.717) is 0 Å². The van der Waals surface area contributed by atoms with E-state index < -0.39 is 0 Å². The van der Waals surface area contributed by atoms with E-state index in [-0.39, 0.29) is 0 Å². The van der Waals surface area contributed by atoms with Gasteiger partial charge in [0.2, 0.25) is 0 Å². The molecule has 0 heterocycles. The van der Waals surface area contributed by atoms with Crippen molar-refractivity contribution >= 4 is 0 Å². The van der Waals surface area contributed by atoms with Gasteiger partial charge in [-0.1, -0.05) is 40.5 Å². The summed E-state index contributed by atoms with van der Waals surface area (Å²) in [7, 11) is 0. The normalized spacial score (nSPS) is 59.6. The molecule has 1 spiro atoms. The summed E-state index contributed by atoms with van der Waals surface area (Å²) >= 11 is 0. The topological polar surface area (TPSA) is 0 Å². The molecule has 0 bridgehead atoms. The highest BCUT2D eigenvalue weighted by Crippen LogP contribution is 2.97. The Morgan fingerprint density at radius 2 is 1.86 bits per heavy atom. The molecule has 0 radical (unpaired) electrons. The van der Waals surface area contributed by atoms with Gasteiger partial charge in [-0.25, -0.2) is 0 Å². The molecule has 0 aromatic rings. The number of hydrogen-bond acceptors (Lipinski definition) is 0. The van der Waals surface area contributed by atoms with E-state index in [2.05, 4.69) is 27.7 Å². The van der Waals surface area contributed by atoms with Crippen LogP contribution in [0.4, 0.5) is 0 Å². The second-order valence-corrected chi connectivity index (χ2v) is 6.20. The first-order chi connectivity index (χ1) is 6.71. The molecule has 0 aromatic carbocycles. The molecule has 3 fully saturated rings. The van der Waals surface area contributed by atoms with E-state index in [1.54, 1.807) is 0 Å². The maximum Gasteiger partial charge on any atom is -0.0170 e. The fourth-order valence-corrected chi connectivity index (χ4v) is 4.97. The largest absolute Gasteiger partial charge is 0.0654 e. The Bertz CT molecular complexity index is 245. The molecule has 0 nitrogen and oxygen atoms in total. The summed E-state index contributed by atoms with van der Waals surface area (Å²) in [6, 6.07) is 0. The highest BCUT2D eigenvalue weighted by Gasteiger charge is 2.94. The molecule has 3 aliphatic carbocycles. The van der Waals surface area contributed by atoms with Crippen LogP contribution < -0.4 is 0 Å². The van der Waals surface area contributed by atoms with Gasteiger partial charge in [0, 0.05) is 0 Å². The second-order valence-electron chi connectivity index (χ2n) is 6.20. The molecule has 0 heteroatoms. The Balaban J connectivity index is 1.58. The van der Waals surface area contributed by atoms with Crippen molar-refractivity contribution in [1.29, 1.82) is 0 Å². The molecule has 3 rings (SSSR count). The molecular formula is C14H24. The summed E-state index contributed by atoms with van der Waals surface area (Å²) in [6.07, 6.45) is 4.33. The summed E-state index contributed by atoms with van der Waals surface area (Å²) in [5, 5.41) is 0. The van der Waals surface area contributed by atoms with Crippen LogP contribution in [-0.2, 0) is 0 Å². The number of fused-ring (bicyclic) bond motifs is 3. The molecule has 0 saturated heterocycles. The van der Waals surface area contributed by atoms with Gasteiger partial charge >= 0.3 is 0 Å². The molecule has 3 aliphatic rings. The Hall–Kier alpha value is 0. The minimum Gasteiger partial charge on any atom is -0.0654 e. The Labute approximate surface area is 88.5 Å². The van der Waals surface area contributed by atoms with Crippen LogP contribution in [0, 0.1) is 40.9 Å². The van der Waals surface area contributed by atoms with Crippen molar-refractivity contribution in [3.05, 3.63) is 0 Å². The Morgan fingerprint density at radius 1 is 1.21 bits per heavy atom. The molecule has 80 valence electrons. The first-order valence-electron chi connectivity index (χ1n) is 6.71. The van der Waals surface area contributed by atoms with Crippen LogP contribution in [0.1, 0.15) is 47.0 Å². The quantitative estimate of drug-likeness (QED) is 0.632. The summed E-state index contributed by atoms with van der Waals surface area (Å²) in [4.78, 5) is 0. The standard InChI is InChI=1S/C14H24/c1-5-7-10-9(4)14(10)12-11(13(12)14)8(3)6-2/h8-13H,5-7H2,1-4H3. The predicted octanol–water partition coefficient (Wildman–Crippen LogP) is 3.96. The van der Waals surface area contributed by atoms with Crippen molar-refractivity contribution in [2.75, 3.05) is 0 Å². The van der Waals surface area contributed by atoms with Gasteiger partial charge in [0.05, 0.1) is 0 Å². The lowest BCUT2D eigenvalue weighted by Gasteiger charge is -2.17. The average molecular weight is 192 g/mol. The first kappa shape index (κ1) is 9.24. The SMILES string of the molecule is CCCC1C(C)C12C1C(C(C)CC)C12. The Morgan fingerprint density at radius 3 is 2.36 bits per heavy atom. The summed E-state index contributed by atoms with van der Waals surface area (Å²) in [5.74, 6) is 6.81. The highest BCUT2D eigenvalue weighted by atomic mass is 15.0. The molecule has 3 saturated carbocycles. The van der Waals surface area contributed by atoms with Crippen LogP contribution in [0.2, 0.25) is 0 Å². The first-order valence-corrected chi connectivity index (χ1v) is 6.71. The van der Waals surface area contributed by atoms with Crippen LogP contribution in [0.25, 0.3) is 0 Å². The molecule has 0 aromatic heterocycles. The van der Waals surface area contributed by atoms with Gasteiger partial charge in [-0.3, -0.25) is 0 Å². The lowest BCUT2D eigenvalue weighted by atomic mass is 9.88. The van der Waals surface area contributed by atoms with E-state index >= 15 is 0 Å². The monoisotopic (exact) mass is 192 g/mol. The molecule has 14 heavy (non-hydrogen) atoms. The Kier molecular flexibility index (Phi) is 1.70. The van der Waals surface area contributed by atoms with E-state index in [1.807, 2.05) is 0 Å². The van der Waals surface area contributed by atoms with Crippen molar-refractivity contribution in [2.45, 2.75) is 47.0 Å². The zero-order valence-corrected chi connectivity index (χ0v) is 10.1. The summed E-state index contributed by atoms with van der Waals surface area (Å²) in [6.45, 7) is 9.68. The number of rotatable bonds is 4. The van der Waals surface area contributed by atoms with E-state index in [9.17, 15) is 0 Å². The molecule has 0 aliphatic heterocycles. The van der Waals surface area contributed by atoms with Gasteiger partial charge in [-0.05, 0) is 47.3 Å². The molecule has 0 amide bonds. The van der Waals surface area contributed by atoms with E-state index in [4.69, 9.17) is 0 Å². The van der Waals surface area contributed by atoms with Crippen molar-refractivity contribution in [3.63, 3.8) is 0 Å². The minimum atomic E-state index is 0.935. The molecule has 5 unspecified atom stereocenters.